The molecule has 0 fully saturated rings. The van der Waals surface area contributed by atoms with E-state index in [1.54, 1.807) is 36.3 Å². The van der Waals surface area contributed by atoms with Gasteiger partial charge < -0.3 is 15.2 Å². The number of ether oxygens (including phenoxy) is 1. The van der Waals surface area contributed by atoms with E-state index in [1.807, 2.05) is 0 Å². The molecule has 19 heavy (non-hydrogen) atoms. The summed E-state index contributed by atoms with van der Waals surface area (Å²) in [5.41, 5.74) is 0.750. The molecule has 2 aromatic heterocycles. The first-order valence-corrected chi connectivity index (χ1v) is 5.99. The van der Waals surface area contributed by atoms with Crippen LogP contribution in [0, 0.1) is 0 Å². The van der Waals surface area contributed by atoms with Gasteiger partial charge in [-0.1, -0.05) is 0 Å². The zero-order valence-electron chi connectivity index (χ0n) is 10.6. The van der Waals surface area contributed by atoms with Gasteiger partial charge in [-0.3, -0.25) is 0 Å². The Bertz CT molecular complexity index is 555. The van der Waals surface area contributed by atoms with Gasteiger partial charge in [-0.2, -0.15) is 5.10 Å². The van der Waals surface area contributed by atoms with Crippen molar-refractivity contribution < 1.29 is 14.6 Å². The molecule has 0 saturated heterocycles. The van der Waals surface area contributed by atoms with Crippen LogP contribution in [0.1, 0.15) is 12.8 Å². The van der Waals surface area contributed by atoms with Crippen LogP contribution in [-0.4, -0.2) is 45.4 Å². The molecule has 0 aliphatic rings. The van der Waals surface area contributed by atoms with E-state index in [9.17, 15) is 9.90 Å². The highest BCUT2D eigenvalue weighted by atomic mass is 16.5. The zero-order valence-corrected chi connectivity index (χ0v) is 10.6. The van der Waals surface area contributed by atoms with Crippen LogP contribution < -0.4 is 5.32 Å². The van der Waals surface area contributed by atoms with Gasteiger partial charge in [0.25, 0.3) is 0 Å². The fraction of sp³-hybridized carbons (Fsp3) is 0.417. The van der Waals surface area contributed by atoms with Gasteiger partial charge in [0.05, 0.1) is 6.20 Å². The average Bonchev–Trinajstić information content (AvgIpc) is 2.86. The third kappa shape index (κ3) is 3.19. The molecule has 0 amide bonds. The van der Waals surface area contributed by atoms with Gasteiger partial charge >= 0.3 is 5.97 Å². The van der Waals surface area contributed by atoms with Gasteiger partial charge in [0.2, 0.25) is 0 Å². The molecule has 0 aromatic carbocycles. The zero-order chi connectivity index (χ0) is 13.7. The molecule has 0 saturated carbocycles. The number of carbonyl (C=O) groups is 1. The molecule has 1 unspecified atom stereocenters. The summed E-state index contributed by atoms with van der Waals surface area (Å²) in [6, 6.07) is 1.09. The second-order valence-electron chi connectivity index (χ2n) is 4.11. The van der Waals surface area contributed by atoms with Crippen molar-refractivity contribution in [3.05, 3.63) is 24.7 Å². The Hall–Kier alpha value is -2.15. The van der Waals surface area contributed by atoms with E-state index in [0.29, 0.717) is 25.3 Å². The summed E-state index contributed by atoms with van der Waals surface area (Å²) < 4.78 is 6.57. The third-order valence-corrected chi connectivity index (χ3v) is 2.77. The van der Waals surface area contributed by atoms with Gasteiger partial charge in [0.1, 0.15) is 11.6 Å². The number of carboxylic acid groups (broad SMARTS) is 1. The lowest BCUT2D eigenvalue weighted by molar-refractivity contribution is -0.138. The van der Waals surface area contributed by atoms with Gasteiger partial charge in [-0.25, -0.2) is 14.3 Å². The molecular weight excluding hydrogens is 248 g/mol. The third-order valence-electron chi connectivity index (χ3n) is 2.77. The predicted molar refractivity (Wildman–Crippen MR) is 69.1 cm³/mol. The van der Waals surface area contributed by atoms with Crippen LogP contribution >= 0.6 is 0 Å². The highest BCUT2D eigenvalue weighted by Crippen LogP contribution is 2.15. The van der Waals surface area contributed by atoms with Gasteiger partial charge in [-0.15, -0.1) is 0 Å². The number of methoxy groups -OCH3 is 1. The number of nitrogens with zero attached hydrogens (tertiary/aromatic N) is 3. The Morgan fingerprint density at radius 3 is 3.16 bits per heavy atom. The first-order valence-electron chi connectivity index (χ1n) is 5.99. The highest BCUT2D eigenvalue weighted by Gasteiger charge is 2.18. The van der Waals surface area contributed by atoms with Crippen molar-refractivity contribution in [1.29, 1.82) is 0 Å². The van der Waals surface area contributed by atoms with Crippen LogP contribution in [0.5, 0.6) is 0 Å². The second kappa shape index (κ2) is 6.14. The normalized spacial score (nSPS) is 12.5. The molecular formula is C12H16N4O3. The summed E-state index contributed by atoms with van der Waals surface area (Å²) in [5.74, 6) is -0.385. The van der Waals surface area contributed by atoms with Crippen LogP contribution in [-0.2, 0) is 9.53 Å². The van der Waals surface area contributed by atoms with Crippen molar-refractivity contribution in [2.45, 2.75) is 18.9 Å². The largest absolute Gasteiger partial charge is 0.480 e. The topological polar surface area (TPSA) is 88.8 Å². The van der Waals surface area contributed by atoms with Crippen molar-refractivity contribution in [3.63, 3.8) is 0 Å². The monoisotopic (exact) mass is 264 g/mol. The molecule has 0 bridgehead atoms. The maximum Gasteiger partial charge on any atom is 0.326 e. The molecule has 2 N–H and O–H groups in total. The summed E-state index contributed by atoms with van der Waals surface area (Å²) in [4.78, 5) is 15.4. The van der Waals surface area contributed by atoms with Crippen molar-refractivity contribution in [3.8, 4) is 0 Å². The predicted octanol–water partition coefficient (Wildman–Crippen LogP) is 1.02. The standard InChI is InChI=1S/C12H16N4O3/c1-19-8-2-3-9(12(17)18)15-11-10-4-5-14-16(10)7-6-13-11/h4-7,9H,2-3,8H2,1H3,(H,13,15)(H,17,18). The summed E-state index contributed by atoms with van der Waals surface area (Å²) in [6.45, 7) is 0.537. The van der Waals surface area contributed by atoms with Crippen molar-refractivity contribution in [2.75, 3.05) is 19.0 Å². The molecule has 2 rings (SSSR count). The van der Waals surface area contributed by atoms with Crippen molar-refractivity contribution in [2.24, 2.45) is 0 Å². The van der Waals surface area contributed by atoms with E-state index in [0.717, 1.165) is 5.52 Å². The molecule has 0 spiro atoms. The number of anilines is 1. The number of nitrogens with one attached hydrogen (secondary N) is 1. The SMILES string of the molecule is COCCCC(Nc1nccn2nccc12)C(=O)O. The number of hydrogen-bond donors (Lipinski definition) is 2. The minimum absolute atomic E-state index is 0.472. The maximum atomic E-state index is 11.2. The Morgan fingerprint density at radius 1 is 1.58 bits per heavy atom. The maximum absolute atomic E-state index is 11.2. The van der Waals surface area contributed by atoms with Crippen LogP contribution in [0.2, 0.25) is 0 Å². The van der Waals surface area contributed by atoms with E-state index >= 15 is 0 Å². The number of carboxylic acids is 1. The average molecular weight is 264 g/mol. The first-order chi connectivity index (χ1) is 9.22. The molecule has 0 aliphatic heterocycles. The minimum atomic E-state index is -0.903. The van der Waals surface area contributed by atoms with E-state index in [4.69, 9.17) is 4.74 Å². The van der Waals surface area contributed by atoms with Crippen LogP contribution in [0.4, 0.5) is 5.82 Å². The van der Waals surface area contributed by atoms with E-state index in [-0.39, 0.29) is 0 Å². The molecule has 7 heteroatoms. The van der Waals surface area contributed by atoms with Crippen molar-refractivity contribution in [1.82, 2.24) is 14.6 Å². The van der Waals surface area contributed by atoms with E-state index < -0.39 is 12.0 Å². The number of fused-ring (bicyclic) bond motifs is 1. The van der Waals surface area contributed by atoms with E-state index in [1.165, 1.54) is 0 Å². The second-order valence-corrected chi connectivity index (χ2v) is 4.11. The lowest BCUT2D eigenvalue weighted by Gasteiger charge is -2.15. The first kappa shape index (κ1) is 13.3. The number of aliphatic carboxylic acids is 1. The fourth-order valence-electron chi connectivity index (χ4n) is 1.82. The molecule has 2 aromatic rings. The van der Waals surface area contributed by atoms with Gasteiger partial charge in [0.15, 0.2) is 5.82 Å². The molecule has 0 aliphatic carbocycles. The molecule has 1 atom stereocenters. The van der Waals surface area contributed by atoms with Gasteiger partial charge in [0, 0.05) is 26.1 Å². The van der Waals surface area contributed by atoms with Crippen LogP contribution in [0.25, 0.3) is 5.52 Å². The molecule has 7 nitrogen and oxygen atoms in total. The fourth-order valence-corrected chi connectivity index (χ4v) is 1.82. The van der Waals surface area contributed by atoms with Gasteiger partial charge in [-0.05, 0) is 18.9 Å². The Labute approximate surface area is 110 Å². The Morgan fingerprint density at radius 2 is 2.42 bits per heavy atom. The van der Waals surface area contributed by atoms with E-state index in [2.05, 4.69) is 15.4 Å². The molecule has 102 valence electrons. The Kier molecular flexibility index (Phi) is 4.30. The van der Waals surface area contributed by atoms with Crippen LogP contribution in [0.15, 0.2) is 24.7 Å². The lowest BCUT2D eigenvalue weighted by Crippen LogP contribution is -2.30. The molecule has 2 heterocycles. The summed E-state index contributed by atoms with van der Waals surface area (Å²) in [6.07, 6.45) is 6.07. The quantitative estimate of drug-likeness (QED) is 0.726. The number of rotatable bonds is 7. The lowest BCUT2D eigenvalue weighted by atomic mass is 10.1. The van der Waals surface area contributed by atoms with Crippen LogP contribution in [0.3, 0.4) is 0 Å². The summed E-state index contributed by atoms with van der Waals surface area (Å²) in [7, 11) is 1.60. The number of hydrogen-bond acceptors (Lipinski definition) is 5. The highest BCUT2D eigenvalue weighted by molar-refractivity contribution is 5.79. The molecule has 0 radical (unpaired) electrons. The van der Waals surface area contributed by atoms with Crippen molar-refractivity contribution >= 4 is 17.3 Å². The smallest absolute Gasteiger partial charge is 0.326 e. The number of aromatic nitrogens is 3. The summed E-state index contributed by atoms with van der Waals surface area (Å²) in [5, 5.41) is 16.2. The minimum Gasteiger partial charge on any atom is -0.480 e. The summed E-state index contributed by atoms with van der Waals surface area (Å²) >= 11 is 0. The Balaban J connectivity index is 2.12.